The molecule has 22 heavy (non-hydrogen) atoms. The minimum Gasteiger partial charge on any atom is -0.159 e. The maximum Gasteiger partial charge on any atom is 0.204 e. The van der Waals surface area contributed by atoms with Gasteiger partial charge in [-0.05, 0) is 34.4 Å². The summed E-state index contributed by atoms with van der Waals surface area (Å²) in [5, 5.41) is 13.3. The average Bonchev–Trinajstić information content (AvgIpc) is 2.96. The Morgan fingerprint density at radius 3 is 2.55 bits per heavy atom. The zero-order chi connectivity index (χ0) is 15.5. The topological polar surface area (TPSA) is 43.6 Å². The number of aromatic nitrogens is 4. The quantitative estimate of drug-likeness (QED) is 0.726. The fraction of sp³-hybridized carbons (Fsp3) is 0.235. The summed E-state index contributed by atoms with van der Waals surface area (Å²) in [5.74, 6) is 1.12. The summed E-state index contributed by atoms with van der Waals surface area (Å²) in [6, 6.07) is 16.0. The molecule has 0 saturated carbocycles. The molecule has 0 aliphatic heterocycles. The maximum atomic E-state index is 5.99. The molecular weight excluding hydrogens is 296 g/mol. The molecule has 0 unspecified atom stereocenters. The second kappa shape index (κ2) is 6.28. The van der Waals surface area contributed by atoms with Gasteiger partial charge in [-0.25, -0.2) is 0 Å². The maximum absolute atomic E-state index is 5.99. The van der Waals surface area contributed by atoms with Crippen LogP contribution < -0.4 is 0 Å². The smallest absolute Gasteiger partial charge is 0.159 e. The van der Waals surface area contributed by atoms with Gasteiger partial charge in [0, 0.05) is 10.6 Å². The number of tetrazole rings is 1. The molecule has 0 radical (unpaired) electrons. The highest BCUT2D eigenvalue weighted by Crippen LogP contribution is 2.19. The minimum absolute atomic E-state index is 0.535. The lowest BCUT2D eigenvalue weighted by atomic mass is 10.0. The predicted octanol–water partition coefficient (Wildman–Crippen LogP) is 4.17. The lowest BCUT2D eigenvalue weighted by Crippen LogP contribution is -2.04. The van der Waals surface area contributed by atoms with Crippen LogP contribution in [0.4, 0.5) is 0 Å². The van der Waals surface area contributed by atoms with Gasteiger partial charge in [0.25, 0.3) is 0 Å². The summed E-state index contributed by atoms with van der Waals surface area (Å²) in [4.78, 5) is 1.60. The average molecular weight is 313 g/mol. The van der Waals surface area contributed by atoms with Gasteiger partial charge in [-0.2, -0.15) is 4.80 Å². The lowest BCUT2D eigenvalue weighted by molar-refractivity contribution is 0.572. The van der Waals surface area contributed by atoms with Gasteiger partial charge in [0.2, 0.25) is 5.82 Å². The van der Waals surface area contributed by atoms with Gasteiger partial charge in [0.05, 0.1) is 6.54 Å². The predicted molar refractivity (Wildman–Crippen MR) is 87.9 cm³/mol. The Bertz CT molecular complexity index is 762. The molecule has 1 aromatic heterocycles. The summed E-state index contributed by atoms with van der Waals surface area (Å²) >= 11 is 5.99. The Balaban J connectivity index is 1.77. The Morgan fingerprint density at radius 1 is 1.09 bits per heavy atom. The number of halogens is 1. The van der Waals surface area contributed by atoms with Crippen molar-refractivity contribution >= 4 is 11.6 Å². The molecule has 0 saturated heterocycles. The highest BCUT2D eigenvalue weighted by atomic mass is 35.5. The van der Waals surface area contributed by atoms with E-state index in [1.807, 2.05) is 24.3 Å². The largest absolute Gasteiger partial charge is 0.204 e. The molecule has 3 aromatic rings. The van der Waals surface area contributed by atoms with Crippen LogP contribution in [0.2, 0.25) is 5.02 Å². The van der Waals surface area contributed by atoms with Crippen molar-refractivity contribution < 1.29 is 0 Å². The highest BCUT2D eigenvalue weighted by Gasteiger charge is 2.07. The summed E-state index contributed by atoms with van der Waals surface area (Å²) in [7, 11) is 0. The minimum atomic E-state index is 0.535. The number of rotatable bonds is 4. The fourth-order valence-corrected chi connectivity index (χ4v) is 2.41. The summed E-state index contributed by atoms with van der Waals surface area (Å²) < 4.78 is 0. The third-order valence-corrected chi connectivity index (χ3v) is 3.74. The number of hydrogen-bond acceptors (Lipinski definition) is 3. The number of hydrogen-bond donors (Lipinski definition) is 0. The summed E-state index contributed by atoms with van der Waals surface area (Å²) in [6.45, 7) is 4.97. The van der Waals surface area contributed by atoms with Gasteiger partial charge < -0.3 is 0 Å². The molecule has 0 fully saturated rings. The molecule has 0 bridgehead atoms. The van der Waals surface area contributed by atoms with Crippen LogP contribution in [0.25, 0.3) is 11.4 Å². The van der Waals surface area contributed by atoms with Crippen molar-refractivity contribution in [3.05, 3.63) is 64.7 Å². The van der Waals surface area contributed by atoms with Crippen LogP contribution in [0.15, 0.2) is 48.5 Å². The normalized spacial score (nSPS) is 11.1. The number of benzene rings is 2. The van der Waals surface area contributed by atoms with Crippen LogP contribution in [0, 0.1) is 0 Å². The second-order valence-corrected chi connectivity index (χ2v) is 5.99. The van der Waals surface area contributed by atoms with E-state index in [0.29, 0.717) is 23.3 Å². The Hall–Kier alpha value is -2.20. The summed E-state index contributed by atoms with van der Waals surface area (Å²) in [6.07, 6.45) is 0. The SMILES string of the molecule is CC(C)c1ccc(Cn2nnc(-c3cccc(Cl)c3)n2)cc1. The molecule has 4 nitrogen and oxygen atoms in total. The van der Waals surface area contributed by atoms with Gasteiger partial charge in [0.1, 0.15) is 0 Å². The van der Waals surface area contributed by atoms with Gasteiger partial charge >= 0.3 is 0 Å². The van der Waals surface area contributed by atoms with E-state index in [0.717, 1.165) is 11.1 Å². The van der Waals surface area contributed by atoms with E-state index in [1.165, 1.54) is 5.56 Å². The molecule has 0 aliphatic carbocycles. The molecule has 5 heteroatoms. The van der Waals surface area contributed by atoms with E-state index in [4.69, 9.17) is 11.6 Å². The van der Waals surface area contributed by atoms with Gasteiger partial charge in [0.15, 0.2) is 0 Å². The van der Waals surface area contributed by atoms with Gasteiger partial charge in [-0.3, -0.25) is 0 Å². The van der Waals surface area contributed by atoms with Crippen LogP contribution in [0.5, 0.6) is 0 Å². The monoisotopic (exact) mass is 312 g/mol. The first kappa shape index (κ1) is 14.7. The lowest BCUT2D eigenvalue weighted by Gasteiger charge is -2.06. The molecule has 0 N–H and O–H groups in total. The van der Waals surface area contributed by atoms with Crippen molar-refractivity contribution in [2.45, 2.75) is 26.3 Å². The molecule has 112 valence electrons. The van der Waals surface area contributed by atoms with Crippen LogP contribution in [0.1, 0.15) is 30.9 Å². The van der Waals surface area contributed by atoms with E-state index in [2.05, 4.69) is 53.5 Å². The van der Waals surface area contributed by atoms with Crippen LogP contribution >= 0.6 is 11.6 Å². The Morgan fingerprint density at radius 2 is 1.86 bits per heavy atom. The molecule has 0 aliphatic rings. The van der Waals surface area contributed by atoms with Crippen molar-refractivity contribution in [2.24, 2.45) is 0 Å². The molecule has 2 aromatic carbocycles. The zero-order valence-electron chi connectivity index (χ0n) is 12.6. The number of nitrogens with zero attached hydrogens (tertiary/aromatic N) is 4. The second-order valence-electron chi connectivity index (χ2n) is 5.55. The first-order valence-corrected chi connectivity index (χ1v) is 7.62. The first-order chi connectivity index (χ1) is 10.6. The van der Waals surface area contributed by atoms with Crippen molar-refractivity contribution in [1.29, 1.82) is 0 Å². The van der Waals surface area contributed by atoms with E-state index in [9.17, 15) is 0 Å². The Labute approximate surface area is 134 Å². The van der Waals surface area contributed by atoms with Crippen molar-refractivity contribution in [1.82, 2.24) is 20.2 Å². The third kappa shape index (κ3) is 3.34. The molecule has 1 heterocycles. The van der Waals surface area contributed by atoms with Crippen molar-refractivity contribution in [3.8, 4) is 11.4 Å². The van der Waals surface area contributed by atoms with E-state index in [1.54, 1.807) is 4.80 Å². The van der Waals surface area contributed by atoms with Crippen LogP contribution in [-0.4, -0.2) is 20.2 Å². The Kier molecular flexibility index (Phi) is 4.20. The fourth-order valence-electron chi connectivity index (χ4n) is 2.22. The zero-order valence-corrected chi connectivity index (χ0v) is 13.3. The van der Waals surface area contributed by atoms with E-state index in [-0.39, 0.29) is 0 Å². The van der Waals surface area contributed by atoms with Gasteiger partial charge in [-0.15, -0.1) is 10.2 Å². The first-order valence-electron chi connectivity index (χ1n) is 7.24. The van der Waals surface area contributed by atoms with Crippen LogP contribution in [0.3, 0.4) is 0 Å². The highest BCUT2D eigenvalue weighted by molar-refractivity contribution is 6.30. The van der Waals surface area contributed by atoms with Crippen LogP contribution in [-0.2, 0) is 6.54 Å². The standard InChI is InChI=1S/C17H17ClN4/c1-12(2)14-8-6-13(7-9-14)11-22-20-17(19-21-22)15-4-3-5-16(18)10-15/h3-10,12H,11H2,1-2H3. The molecule has 3 rings (SSSR count). The molecule has 0 amide bonds. The van der Waals surface area contributed by atoms with Crippen molar-refractivity contribution in [2.75, 3.05) is 0 Å². The molecule has 0 atom stereocenters. The third-order valence-electron chi connectivity index (χ3n) is 3.51. The van der Waals surface area contributed by atoms with E-state index >= 15 is 0 Å². The summed E-state index contributed by atoms with van der Waals surface area (Å²) in [5.41, 5.74) is 3.35. The molecule has 0 spiro atoms. The van der Waals surface area contributed by atoms with E-state index < -0.39 is 0 Å². The van der Waals surface area contributed by atoms with Gasteiger partial charge in [-0.1, -0.05) is 61.8 Å². The molecular formula is C17H17ClN4. The van der Waals surface area contributed by atoms with Crippen molar-refractivity contribution in [3.63, 3.8) is 0 Å².